The van der Waals surface area contributed by atoms with Gasteiger partial charge in [0.1, 0.15) is 0 Å². The van der Waals surface area contributed by atoms with Crippen molar-refractivity contribution in [3.63, 3.8) is 0 Å². The molecule has 2 heterocycles. The number of rotatable bonds is 3. The zero-order chi connectivity index (χ0) is 9.97. The molecule has 5 nitrogen and oxygen atoms in total. The van der Waals surface area contributed by atoms with E-state index in [1.807, 2.05) is 11.2 Å². The van der Waals surface area contributed by atoms with Crippen LogP contribution in [0.25, 0.3) is 0 Å². The highest BCUT2D eigenvalue weighted by Crippen LogP contribution is 2.06. The molecule has 78 valence electrons. The van der Waals surface area contributed by atoms with Gasteiger partial charge in [-0.3, -0.25) is 0 Å². The minimum Gasteiger partial charge on any atom is -0.348 e. The zero-order valence-corrected chi connectivity index (χ0v) is 8.88. The Hall–Kier alpha value is -0.720. The fourth-order valence-electron chi connectivity index (χ4n) is 1.50. The van der Waals surface area contributed by atoms with Gasteiger partial charge in [-0.1, -0.05) is 0 Å². The van der Waals surface area contributed by atoms with E-state index in [1.54, 1.807) is 12.5 Å². The molecule has 0 saturated carbocycles. The van der Waals surface area contributed by atoms with Crippen molar-refractivity contribution in [1.29, 1.82) is 0 Å². The molecule has 2 rings (SSSR count). The predicted molar refractivity (Wildman–Crippen MR) is 54.6 cm³/mol. The van der Waals surface area contributed by atoms with Crippen molar-refractivity contribution < 1.29 is 4.21 Å². The van der Waals surface area contributed by atoms with Crippen LogP contribution in [0, 0.1) is 0 Å². The summed E-state index contributed by atoms with van der Waals surface area (Å²) in [6.07, 6.45) is 4.33. The first-order valence-electron chi connectivity index (χ1n) is 4.66. The van der Waals surface area contributed by atoms with E-state index in [2.05, 4.69) is 14.7 Å². The van der Waals surface area contributed by atoms with Crippen LogP contribution in [0.5, 0.6) is 0 Å². The number of H-pyrrole nitrogens is 1. The molecule has 1 unspecified atom stereocenters. The van der Waals surface area contributed by atoms with E-state index in [0.717, 1.165) is 25.2 Å². The number of nitrogens with zero attached hydrogens (tertiary/aromatic N) is 2. The molecule has 1 fully saturated rings. The molecule has 0 spiro atoms. The van der Waals surface area contributed by atoms with Crippen LogP contribution < -0.4 is 4.72 Å². The zero-order valence-electron chi connectivity index (χ0n) is 8.06. The van der Waals surface area contributed by atoms with E-state index in [9.17, 15) is 4.21 Å². The lowest BCUT2D eigenvalue weighted by molar-refractivity contribution is 0.457. The summed E-state index contributed by atoms with van der Waals surface area (Å²) in [5.74, 6) is 0. The highest BCUT2D eigenvalue weighted by molar-refractivity contribution is 7.80. The van der Waals surface area contributed by atoms with Crippen molar-refractivity contribution in [3.8, 4) is 0 Å². The van der Waals surface area contributed by atoms with Gasteiger partial charge in [0.2, 0.25) is 0 Å². The SMILES string of the molecule is C[C@H]1CN(CCc2cnc[nH]2)S(=O)N1. The molecule has 0 aromatic carbocycles. The average Bonchev–Trinajstić information content (AvgIpc) is 2.72. The van der Waals surface area contributed by atoms with Gasteiger partial charge in [0.05, 0.1) is 6.33 Å². The monoisotopic (exact) mass is 214 g/mol. The molecule has 1 aromatic heterocycles. The molecular weight excluding hydrogens is 200 g/mol. The van der Waals surface area contributed by atoms with Crippen molar-refractivity contribution in [1.82, 2.24) is 19.0 Å². The normalized spacial score (nSPS) is 28.4. The van der Waals surface area contributed by atoms with Crippen molar-refractivity contribution in [2.45, 2.75) is 19.4 Å². The minimum absolute atomic E-state index is 0.317. The Morgan fingerprint density at radius 3 is 3.21 bits per heavy atom. The summed E-state index contributed by atoms with van der Waals surface area (Å²) in [4.78, 5) is 6.97. The van der Waals surface area contributed by atoms with Gasteiger partial charge < -0.3 is 4.98 Å². The Labute approximate surface area is 85.6 Å². The van der Waals surface area contributed by atoms with Gasteiger partial charge in [0, 0.05) is 37.4 Å². The fourth-order valence-corrected chi connectivity index (χ4v) is 2.68. The van der Waals surface area contributed by atoms with Crippen molar-refractivity contribution in [2.24, 2.45) is 0 Å². The van der Waals surface area contributed by atoms with Crippen LogP contribution >= 0.6 is 0 Å². The lowest BCUT2D eigenvalue weighted by Crippen LogP contribution is -2.25. The largest absolute Gasteiger partial charge is 0.348 e. The summed E-state index contributed by atoms with van der Waals surface area (Å²) in [5, 5.41) is 0. The summed E-state index contributed by atoms with van der Waals surface area (Å²) in [5.41, 5.74) is 1.08. The maximum atomic E-state index is 11.4. The van der Waals surface area contributed by atoms with Crippen molar-refractivity contribution in [2.75, 3.05) is 13.1 Å². The smallest absolute Gasteiger partial charge is 0.170 e. The molecular formula is C8H14N4OS. The predicted octanol–water partition coefficient (Wildman–Crippen LogP) is -0.175. The van der Waals surface area contributed by atoms with Crippen LogP contribution in [-0.2, 0) is 17.6 Å². The van der Waals surface area contributed by atoms with Gasteiger partial charge >= 0.3 is 0 Å². The Kier molecular flexibility index (Phi) is 2.95. The maximum Gasteiger partial charge on any atom is 0.170 e. The first-order chi connectivity index (χ1) is 6.75. The quantitative estimate of drug-likeness (QED) is 0.733. The van der Waals surface area contributed by atoms with Crippen molar-refractivity contribution in [3.05, 3.63) is 18.2 Å². The van der Waals surface area contributed by atoms with E-state index in [-0.39, 0.29) is 0 Å². The number of aromatic nitrogens is 2. The first kappa shape index (κ1) is 9.82. The highest BCUT2D eigenvalue weighted by atomic mass is 32.2. The first-order valence-corrected chi connectivity index (χ1v) is 5.76. The van der Waals surface area contributed by atoms with Crippen LogP contribution in [-0.4, -0.2) is 37.6 Å². The number of nitrogens with one attached hydrogen (secondary N) is 2. The van der Waals surface area contributed by atoms with Crippen LogP contribution in [0.2, 0.25) is 0 Å². The van der Waals surface area contributed by atoms with Gasteiger partial charge in [-0.2, -0.15) is 0 Å². The molecule has 0 bridgehead atoms. The van der Waals surface area contributed by atoms with Gasteiger partial charge in [0.15, 0.2) is 11.2 Å². The van der Waals surface area contributed by atoms with Gasteiger partial charge in [0.25, 0.3) is 0 Å². The van der Waals surface area contributed by atoms with E-state index < -0.39 is 11.2 Å². The molecule has 1 saturated heterocycles. The number of hydrogen-bond acceptors (Lipinski definition) is 2. The average molecular weight is 214 g/mol. The lowest BCUT2D eigenvalue weighted by Gasteiger charge is -2.10. The maximum absolute atomic E-state index is 11.4. The van der Waals surface area contributed by atoms with Gasteiger partial charge in [-0.15, -0.1) is 0 Å². The van der Waals surface area contributed by atoms with Crippen molar-refractivity contribution >= 4 is 11.2 Å². The molecule has 2 N–H and O–H groups in total. The second-order valence-electron chi connectivity index (χ2n) is 3.48. The Morgan fingerprint density at radius 1 is 1.79 bits per heavy atom. The van der Waals surface area contributed by atoms with Crippen LogP contribution in [0.15, 0.2) is 12.5 Å². The summed E-state index contributed by atoms with van der Waals surface area (Å²) in [6, 6.07) is 0.317. The minimum atomic E-state index is -1.00. The van der Waals surface area contributed by atoms with Gasteiger partial charge in [-0.25, -0.2) is 18.2 Å². The third-order valence-corrected chi connectivity index (χ3v) is 3.60. The number of aromatic amines is 1. The third-order valence-electron chi connectivity index (χ3n) is 2.20. The summed E-state index contributed by atoms with van der Waals surface area (Å²) in [6.45, 7) is 3.68. The van der Waals surface area contributed by atoms with Crippen LogP contribution in [0.3, 0.4) is 0 Å². The summed E-state index contributed by atoms with van der Waals surface area (Å²) >= 11 is -1.00. The Bertz CT molecular complexity index is 313. The lowest BCUT2D eigenvalue weighted by atomic mass is 10.3. The molecule has 6 heteroatoms. The van der Waals surface area contributed by atoms with E-state index in [0.29, 0.717) is 6.04 Å². The molecule has 2 atom stereocenters. The molecule has 0 amide bonds. The van der Waals surface area contributed by atoms with Crippen LogP contribution in [0.4, 0.5) is 0 Å². The summed E-state index contributed by atoms with van der Waals surface area (Å²) in [7, 11) is 0. The highest BCUT2D eigenvalue weighted by Gasteiger charge is 2.24. The fraction of sp³-hybridized carbons (Fsp3) is 0.625. The topological polar surface area (TPSA) is 61.0 Å². The third kappa shape index (κ3) is 2.20. The summed E-state index contributed by atoms with van der Waals surface area (Å²) < 4.78 is 16.3. The van der Waals surface area contributed by atoms with Gasteiger partial charge in [-0.05, 0) is 6.92 Å². The van der Waals surface area contributed by atoms with E-state index in [4.69, 9.17) is 0 Å². The molecule has 0 aliphatic carbocycles. The number of hydrogen-bond donors (Lipinski definition) is 2. The molecule has 1 aliphatic heterocycles. The second-order valence-corrected chi connectivity index (χ2v) is 4.73. The number of imidazole rings is 1. The Balaban J connectivity index is 1.84. The van der Waals surface area contributed by atoms with Crippen LogP contribution in [0.1, 0.15) is 12.6 Å². The molecule has 1 aromatic rings. The molecule has 14 heavy (non-hydrogen) atoms. The molecule has 1 aliphatic rings. The Morgan fingerprint density at radius 2 is 2.64 bits per heavy atom. The van der Waals surface area contributed by atoms with E-state index in [1.165, 1.54) is 0 Å². The molecule has 0 radical (unpaired) electrons. The standard InChI is InChI=1S/C8H14N4OS/c1-7-5-12(14(13)11-7)3-2-8-4-9-6-10-8/h4,6-7,11H,2-3,5H2,1H3,(H,9,10)/t7-,14?/m0/s1. The van der Waals surface area contributed by atoms with E-state index >= 15 is 0 Å². The second kappa shape index (κ2) is 4.20.